The van der Waals surface area contributed by atoms with Crippen LogP contribution in [-0.4, -0.2) is 6.54 Å². The van der Waals surface area contributed by atoms with Gasteiger partial charge in [-0.25, -0.2) is 0 Å². The topological polar surface area (TPSA) is 35.2 Å². The number of halogens is 2. The molecule has 0 atom stereocenters. The highest BCUT2D eigenvalue weighted by molar-refractivity contribution is 14.1. The third-order valence-corrected chi connectivity index (χ3v) is 3.58. The SMILES string of the molecule is NCCc1c(Cl)cccc1Oc1ccc(I)cc1. The zero-order valence-electron chi connectivity index (χ0n) is 9.70. The molecular formula is C14H13ClINO. The van der Waals surface area contributed by atoms with Gasteiger partial charge in [-0.2, -0.15) is 0 Å². The molecule has 2 aromatic carbocycles. The van der Waals surface area contributed by atoms with Gasteiger partial charge in [-0.15, -0.1) is 0 Å². The largest absolute Gasteiger partial charge is 0.457 e. The van der Waals surface area contributed by atoms with Crippen LogP contribution in [0.3, 0.4) is 0 Å². The van der Waals surface area contributed by atoms with E-state index in [0.29, 0.717) is 18.0 Å². The molecule has 94 valence electrons. The van der Waals surface area contributed by atoms with Crippen LogP contribution in [0.2, 0.25) is 5.02 Å². The van der Waals surface area contributed by atoms with Gasteiger partial charge < -0.3 is 10.5 Å². The van der Waals surface area contributed by atoms with Crippen molar-refractivity contribution >= 4 is 34.2 Å². The summed E-state index contributed by atoms with van der Waals surface area (Å²) in [7, 11) is 0. The maximum absolute atomic E-state index is 6.16. The van der Waals surface area contributed by atoms with E-state index in [1.54, 1.807) is 0 Å². The Balaban J connectivity index is 2.28. The highest BCUT2D eigenvalue weighted by Crippen LogP contribution is 2.30. The molecule has 0 aliphatic heterocycles. The van der Waals surface area contributed by atoms with Gasteiger partial charge in [-0.1, -0.05) is 17.7 Å². The van der Waals surface area contributed by atoms with E-state index in [2.05, 4.69) is 22.6 Å². The first-order valence-electron chi connectivity index (χ1n) is 5.61. The summed E-state index contributed by atoms with van der Waals surface area (Å²) in [4.78, 5) is 0. The van der Waals surface area contributed by atoms with Crippen molar-refractivity contribution in [1.82, 2.24) is 0 Å². The summed E-state index contributed by atoms with van der Waals surface area (Å²) in [6.07, 6.45) is 0.708. The minimum absolute atomic E-state index is 0.548. The van der Waals surface area contributed by atoms with E-state index in [1.165, 1.54) is 3.57 Å². The Morgan fingerprint density at radius 1 is 1.11 bits per heavy atom. The summed E-state index contributed by atoms with van der Waals surface area (Å²) in [6, 6.07) is 13.5. The lowest BCUT2D eigenvalue weighted by molar-refractivity contribution is 0.476. The lowest BCUT2D eigenvalue weighted by Crippen LogP contribution is -2.04. The summed E-state index contributed by atoms with van der Waals surface area (Å²) in [5.41, 5.74) is 6.55. The Labute approximate surface area is 125 Å². The van der Waals surface area contributed by atoms with Crippen LogP contribution in [0.25, 0.3) is 0 Å². The number of rotatable bonds is 4. The number of hydrogen-bond acceptors (Lipinski definition) is 2. The molecule has 2 aromatic rings. The molecule has 0 unspecified atom stereocenters. The van der Waals surface area contributed by atoms with Gasteiger partial charge in [-0.3, -0.25) is 0 Å². The molecule has 4 heteroatoms. The Morgan fingerprint density at radius 3 is 2.50 bits per heavy atom. The van der Waals surface area contributed by atoms with Gasteiger partial charge in [0.25, 0.3) is 0 Å². The second-order valence-corrected chi connectivity index (χ2v) is 5.46. The first-order valence-corrected chi connectivity index (χ1v) is 7.07. The van der Waals surface area contributed by atoms with Crippen molar-refractivity contribution in [2.45, 2.75) is 6.42 Å². The number of hydrogen-bond donors (Lipinski definition) is 1. The lowest BCUT2D eigenvalue weighted by atomic mass is 10.1. The lowest BCUT2D eigenvalue weighted by Gasteiger charge is -2.12. The van der Waals surface area contributed by atoms with E-state index in [0.717, 1.165) is 17.1 Å². The van der Waals surface area contributed by atoms with Crippen LogP contribution in [0.1, 0.15) is 5.56 Å². The van der Waals surface area contributed by atoms with E-state index >= 15 is 0 Å². The highest BCUT2D eigenvalue weighted by Gasteiger charge is 2.08. The van der Waals surface area contributed by atoms with Crippen molar-refractivity contribution < 1.29 is 4.74 Å². The van der Waals surface area contributed by atoms with Gasteiger partial charge in [-0.05, 0) is 72.0 Å². The molecule has 0 saturated carbocycles. The molecule has 2 rings (SSSR count). The average Bonchev–Trinajstić information content (AvgIpc) is 2.36. The molecule has 18 heavy (non-hydrogen) atoms. The number of nitrogens with two attached hydrogens (primary N) is 1. The Bertz CT molecular complexity index is 528. The third kappa shape index (κ3) is 3.37. The Kier molecular flexibility index (Phi) is 4.86. The van der Waals surface area contributed by atoms with Crippen LogP contribution < -0.4 is 10.5 Å². The molecule has 0 amide bonds. The predicted molar refractivity (Wildman–Crippen MR) is 83.4 cm³/mol. The van der Waals surface area contributed by atoms with E-state index in [1.807, 2.05) is 42.5 Å². The molecule has 0 bridgehead atoms. The normalized spacial score (nSPS) is 10.4. The summed E-state index contributed by atoms with van der Waals surface area (Å²) < 4.78 is 7.03. The van der Waals surface area contributed by atoms with Crippen molar-refractivity contribution in [2.75, 3.05) is 6.54 Å². The molecule has 0 aromatic heterocycles. The van der Waals surface area contributed by atoms with E-state index in [4.69, 9.17) is 22.1 Å². The second kappa shape index (κ2) is 6.41. The molecular weight excluding hydrogens is 361 g/mol. The highest BCUT2D eigenvalue weighted by atomic mass is 127. The smallest absolute Gasteiger partial charge is 0.132 e. The zero-order chi connectivity index (χ0) is 13.0. The molecule has 0 saturated heterocycles. The summed E-state index contributed by atoms with van der Waals surface area (Å²) in [6.45, 7) is 0.548. The van der Waals surface area contributed by atoms with Gasteiger partial charge in [0.2, 0.25) is 0 Å². The van der Waals surface area contributed by atoms with Crippen LogP contribution in [0.15, 0.2) is 42.5 Å². The minimum atomic E-state index is 0.548. The number of benzene rings is 2. The van der Waals surface area contributed by atoms with Crippen molar-refractivity contribution in [3.63, 3.8) is 0 Å². The van der Waals surface area contributed by atoms with Gasteiger partial charge in [0.1, 0.15) is 11.5 Å². The maximum atomic E-state index is 6.16. The molecule has 0 heterocycles. The second-order valence-electron chi connectivity index (χ2n) is 3.81. The molecule has 2 nitrogen and oxygen atoms in total. The van der Waals surface area contributed by atoms with Gasteiger partial charge in [0.05, 0.1) is 0 Å². The van der Waals surface area contributed by atoms with E-state index < -0.39 is 0 Å². The molecule has 0 fully saturated rings. The fourth-order valence-electron chi connectivity index (χ4n) is 1.65. The predicted octanol–water partition coefficient (Wildman–Crippen LogP) is 4.24. The van der Waals surface area contributed by atoms with Crippen LogP contribution in [0, 0.1) is 3.57 Å². The maximum Gasteiger partial charge on any atom is 0.132 e. The van der Waals surface area contributed by atoms with Crippen LogP contribution in [0.4, 0.5) is 0 Å². The molecule has 0 aliphatic carbocycles. The first-order chi connectivity index (χ1) is 8.70. The first kappa shape index (κ1) is 13.6. The minimum Gasteiger partial charge on any atom is -0.457 e. The molecule has 0 aliphatic rings. The fourth-order valence-corrected chi connectivity index (χ4v) is 2.27. The van der Waals surface area contributed by atoms with Crippen molar-refractivity contribution in [3.05, 3.63) is 56.6 Å². The quantitative estimate of drug-likeness (QED) is 0.814. The van der Waals surface area contributed by atoms with Crippen molar-refractivity contribution in [3.8, 4) is 11.5 Å². The summed E-state index contributed by atoms with van der Waals surface area (Å²) in [5, 5.41) is 0.698. The Morgan fingerprint density at radius 2 is 1.83 bits per heavy atom. The summed E-state index contributed by atoms with van der Waals surface area (Å²) in [5.74, 6) is 1.57. The number of ether oxygens (including phenoxy) is 1. The third-order valence-electron chi connectivity index (χ3n) is 2.51. The van der Waals surface area contributed by atoms with Gasteiger partial charge in [0, 0.05) is 14.2 Å². The van der Waals surface area contributed by atoms with Crippen LogP contribution in [0.5, 0.6) is 11.5 Å². The van der Waals surface area contributed by atoms with Crippen LogP contribution >= 0.6 is 34.2 Å². The zero-order valence-corrected chi connectivity index (χ0v) is 12.6. The monoisotopic (exact) mass is 373 g/mol. The average molecular weight is 374 g/mol. The molecule has 2 N–H and O–H groups in total. The standard InChI is InChI=1S/C14H13ClINO/c15-13-2-1-3-14(12(13)8-9-17)18-11-6-4-10(16)5-7-11/h1-7H,8-9,17H2. The van der Waals surface area contributed by atoms with E-state index in [-0.39, 0.29) is 0 Å². The fraction of sp³-hybridized carbons (Fsp3) is 0.143. The van der Waals surface area contributed by atoms with Crippen molar-refractivity contribution in [1.29, 1.82) is 0 Å². The summed E-state index contributed by atoms with van der Waals surface area (Å²) >= 11 is 8.42. The molecule has 0 spiro atoms. The Hall–Kier alpha value is -0.780. The van der Waals surface area contributed by atoms with Gasteiger partial charge >= 0.3 is 0 Å². The van der Waals surface area contributed by atoms with Crippen LogP contribution in [-0.2, 0) is 6.42 Å². The van der Waals surface area contributed by atoms with Crippen molar-refractivity contribution in [2.24, 2.45) is 5.73 Å². The molecule has 0 radical (unpaired) electrons. The van der Waals surface area contributed by atoms with Gasteiger partial charge in [0.15, 0.2) is 0 Å². The van der Waals surface area contributed by atoms with E-state index in [9.17, 15) is 0 Å².